The van der Waals surface area contributed by atoms with Crippen LogP contribution in [0.1, 0.15) is 32.4 Å². The summed E-state index contributed by atoms with van der Waals surface area (Å²) in [5.41, 5.74) is 1.65. The number of rotatable bonds is 7. The van der Waals surface area contributed by atoms with Crippen LogP contribution < -0.4 is 15.4 Å². The number of urea groups is 2. The molecule has 3 rings (SSSR count). The second kappa shape index (κ2) is 11.2. The number of para-hydroxylation sites is 1. The van der Waals surface area contributed by atoms with Crippen LogP contribution in [0.15, 0.2) is 35.5 Å². The number of nitrogens with one attached hydrogen (secondary N) is 2. The van der Waals surface area contributed by atoms with Gasteiger partial charge < -0.3 is 25.0 Å². The molecule has 0 spiro atoms. The van der Waals surface area contributed by atoms with E-state index in [4.69, 9.17) is 9.47 Å². The van der Waals surface area contributed by atoms with Gasteiger partial charge in [-0.05, 0) is 26.8 Å². The highest BCUT2D eigenvalue weighted by atomic mass is 16.5. The third-order valence-electron chi connectivity index (χ3n) is 5.97. The molecular weight excluding hydrogens is 438 g/mol. The highest BCUT2D eigenvalue weighted by molar-refractivity contribution is 5.95. The summed E-state index contributed by atoms with van der Waals surface area (Å²) in [6.45, 7) is 8.58. The fourth-order valence-corrected chi connectivity index (χ4v) is 4.20. The molecule has 1 aromatic rings. The summed E-state index contributed by atoms with van der Waals surface area (Å²) in [5.74, 6) is 0.0958. The van der Waals surface area contributed by atoms with Crippen LogP contribution in [0.3, 0.4) is 0 Å². The van der Waals surface area contributed by atoms with Gasteiger partial charge in [0.1, 0.15) is 5.75 Å². The largest absolute Gasteiger partial charge is 0.496 e. The minimum absolute atomic E-state index is 0.0733. The highest BCUT2D eigenvalue weighted by Crippen LogP contribution is 2.35. The van der Waals surface area contributed by atoms with E-state index in [-0.39, 0.29) is 24.7 Å². The number of hydrogen-bond acceptors (Lipinski definition) is 6. The summed E-state index contributed by atoms with van der Waals surface area (Å²) in [4.78, 5) is 43.8. The number of benzene rings is 1. The van der Waals surface area contributed by atoms with Gasteiger partial charge in [0.25, 0.3) is 0 Å². The highest BCUT2D eigenvalue weighted by Gasteiger charge is 2.38. The third kappa shape index (κ3) is 5.61. The molecule has 1 aromatic carbocycles. The van der Waals surface area contributed by atoms with E-state index >= 15 is 0 Å². The van der Waals surface area contributed by atoms with Crippen molar-refractivity contribution in [3.05, 3.63) is 41.1 Å². The molecule has 10 heteroatoms. The van der Waals surface area contributed by atoms with Gasteiger partial charge in [0.05, 0.1) is 25.3 Å². The molecule has 2 aliphatic heterocycles. The topological polar surface area (TPSA) is 103 Å². The maximum absolute atomic E-state index is 13.2. The van der Waals surface area contributed by atoms with Gasteiger partial charge in [-0.15, -0.1) is 0 Å². The van der Waals surface area contributed by atoms with Crippen LogP contribution in [0.4, 0.5) is 9.59 Å². The van der Waals surface area contributed by atoms with Gasteiger partial charge in [0.2, 0.25) is 0 Å². The van der Waals surface area contributed by atoms with Gasteiger partial charge >= 0.3 is 18.0 Å². The SMILES string of the molecule is CCOC(=O)C1=C(CN2CCN(C(=O)NC(C)C)CC2)N(C)C(=O)N[C@H]1c1ccccc1OC. The second-order valence-electron chi connectivity index (χ2n) is 8.63. The first kappa shape index (κ1) is 25.4. The maximum atomic E-state index is 13.2. The number of carbonyl (C=O) groups excluding carboxylic acids is 3. The van der Waals surface area contributed by atoms with Crippen LogP contribution in [-0.2, 0) is 9.53 Å². The van der Waals surface area contributed by atoms with Crippen molar-refractivity contribution in [2.24, 2.45) is 0 Å². The molecule has 0 bridgehead atoms. The number of carbonyl (C=O) groups is 3. The Morgan fingerprint density at radius 1 is 1.18 bits per heavy atom. The fourth-order valence-electron chi connectivity index (χ4n) is 4.20. The van der Waals surface area contributed by atoms with Gasteiger partial charge in [0, 0.05) is 57.1 Å². The van der Waals surface area contributed by atoms with Crippen LogP contribution in [0, 0.1) is 0 Å². The summed E-state index contributed by atoms with van der Waals surface area (Å²) < 4.78 is 10.9. The number of piperazine rings is 1. The summed E-state index contributed by atoms with van der Waals surface area (Å²) >= 11 is 0. The van der Waals surface area contributed by atoms with Crippen LogP contribution in [-0.4, -0.2) is 92.3 Å². The van der Waals surface area contributed by atoms with Crippen molar-refractivity contribution in [1.29, 1.82) is 0 Å². The average Bonchev–Trinajstić information content (AvgIpc) is 2.81. The lowest BCUT2D eigenvalue weighted by atomic mass is 9.93. The van der Waals surface area contributed by atoms with Gasteiger partial charge in [-0.25, -0.2) is 14.4 Å². The normalized spacial score (nSPS) is 19.2. The number of nitrogens with zero attached hydrogens (tertiary/aromatic N) is 3. The number of amides is 4. The van der Waals surface area contributed by atoms with Crippen LogP contribution >= 0.6 is 0 Å². The minimum atomic E-state index is -0.702. The van der Waals surface area contributed by atoms with E-state index < -0.39 is 12.0 Å². The smallest absolute Gasteiger partial charge is 0.338 e. The average molecular weight is 474 g/mol. The molecule has 0 aromatic heterocycles. The van der Waals surface area contributed by atoms with E-state index in [9.17, 15) is 14.4 Å². The number of hydrogen-bond donors (Lipinski definition) is 2. The second-order valence-corrected chi connectivity index (χ2v) is 8.63. The summed E-state index contributed by atoms with van der Waals surface area (Å²) in [5, 5.41) is 5.84. The van der Waals surface area contributed by atoms with E-state index in [1.807, 2.05) is 32.0 Å². The first-order chi connectivity index (χ1) is 16.3. The van der Waals surface area contributed by atoms with Crippen molar-refractivity contribution in [3.63, 3.8) is 0 Å². The first-order valence-corrected chi connectivity index (χ1v) is 11.6. The summed E-state index contributed by atoms with van der Waals surface area (Å²) in [6.07, 6.45) is 0. The van der Waals surface area contributed by atoms with E-state index in [0.717, 1.165) is 0 Å². The van der Waals surface area contributed by atoms with Gasteiger partial charge in [-0.2, -0.15) is 0 Å². The summed E-state index contributed by atoms with van der Waals surface area (Å²) in [6, 6.07) is 6.29. The molecule has 2 N–H and O–H groups in total. The minimum Gasteiger partial charge on any atom is -0.496 e. The standard InChI is InChI=1S/C24H35N5O5/c1-6-34-22(30)20-18(15-28-11-13-29(14-12-28)24(32)25-16(2)3)27(4)23(31)26-21(20)17-9-7-8-10-19(17)33-5/h7-10,16,21H,6,11-15H2,1-5H3,(H,25,32)(H,26,31)/t21-/m0/s1. The Morgan fingerprint density at radius 3 is 2.47 bits per heavy atom. The molecule has 34 heavy (non-hydrogen) atoms. The molecule has 0 radical (unpaired) electrons. The van der Waals surface area contributed by atoms with Crippen LogP contribution in [0.5, 0.6) is 5.75 Å². The summed E-state index contributed by atoms with van der Waals surface area (Å²) in [7, 11) is 3.20. The molecule has 4 amide bonds. The molecule has 186 valence electrons. The molecule has 0 saturated carbocycles. The third-order valence-corrected chi connectivity index (χ3v) is 5.97. The predicted molar refractivity (Wildman–Crippen MR) is 127 cm³/mol. The Hall–Kier alpha value is -3.27. The monoisotopic (exact) mass is 473 g/mol. The zero-order chi connectivity index (χ0) is 24.8. The van der Waals surface area contributed by atoms with Gasteiger partial charge in [-0.3, -0.25) is 9.80 Å². The zero-order valence-corrected chi connectivity index (χ0v) is 20.6. The maximum Gasteiger partial charge on any atom is 0.338 e. The number of ether oxygens (including phenoxy) is 2. The molecule has 2 aliphatic rings. The number of methoxy groups -OCH3 is 1. The fraction of sp³-hybridized carbons (Fsp3) is 0.542. The molecule has 1 saturated heterocycles. The quantitative estimate of drug-likeness (QED) is 0.587. The van der Waals surface area contributed by atoms with Crippen molar-refractivity contribution in [2.45, 2.75) is 32.9 Å². The van der Waals surface area contributed by atoms with Gasteiger partial charge in [0.15, 0.2) is 0 Å². The molecule has 0 unspecified atom stereocenters. The molecule has 1 fully saturated rings. The van der Waals surface area contributed by atoms with E-state index in [1.165, 1.54) is 4.90 Å². The lowest BCUT2D eigenvalue weighted by Crippen LogP contribution is -2.55. The predicted octanol–water partition coefficient (Wildman–Crippen LogP) is 1.94. The zero-order valence-electron chi connectivity index (χ0n) is 20.6. The Kier molecular flexibility index (Phi) is 8.38. The Morgan fingerprint density at radius 2 is 1.85 bits per heavy atom. The van der Waals surface area contributed by atoms with E-state index in [2.05, 4.69) is 15.5 Å². The van der Waals surface area contributed by atoms with E-state index in [1.54, 1.807) is 32.0 Å². The first-order valence-electron chi connectivity index (χ1n) is 11.6. The van der Waals surface area contributed by atoms with E-state index in [0.29, 0.717) is 55.3 Å². The van der Waals surface area contributed by atoms with Crippen molar-refractivity contribution in [2.75, 3.05) is 53.5 Å². The van der Waals surface area contributed by atoms with Crippen molar-refractivity contribution in [3.8, 4) is 5.75 Å². The Labute approximate surface area is 200 Å². The molecule has 0 aliphatic carbocycles. The van der Waals surface area contributed by atoms with Crippen molar-refractivity contribution >= 4 is 18.0 Å². The van der Waals surface area contributed by atoms with Crippen LogP contribution in [0.25, 0.3) is 0 Å². The number of esters is 1. The van der Waals surface area contributed by atoms with Gasteiger partial charge in [-0.1, -0.05) is 18.2 Å². The Bertz CT molecular complexity index is 939. The molecule has 10 nitrogen and oxygen atoms in total. The number of likely N-dealkylation sites (N-methyl/N-ethyl adjacent to an activating group) is 1. The lowest BCUT2D eigenvalue weighted by Gasteiger charge is -2.39. The Balaban J connectivity index is 1.90. The lowest BCUT2D eigenvalue weighted by molar-refractivity contribution is -0.139. The molecular formula is C24H35N5O5. The molecule has 2 heterocycles. The molecule has 1 atom stereocenters. The van der Waals surface area contributed by atoms with Crippen molar-refractivity contribution < 1.29 is 23.9 Å². The van der Waals surface area contributed by atoms with Crippen LogP contribution in [0.2, 0.25) is 0 Å². The van der Waals surface area contributed by atoms with Crippen molar-refractivity contribution in [1.82, 2.24) is 25.3 Å².